The highest BCUT2D eigenvalue weighted by molar-refractivity contribution is 6.25. The molecule has 4 rings (SSSR count). The molecule has 7 nitrogen and oxygen atoms in total. The summed E-state index contributed by atoms with van der Waals surface area (Å²) in [5.41, 5.74) is 4.53. The molecule has 7 heteroatoms. The summed E-state index contributed by atoms with van der Waals surface area (Å²) in [5, 5.41) is 21.9. The van der Waals surface area contributed by atoms with Gasteiger partial charge in [0.05, 0.1) is 21.2 Å². The van der Waals surface area contributed by atoms with Crippen LogP contribution in [-0.4, -0.2) is 15.6 Å². The van der Waals surface area contributed by atoms with E-state index in [2.05, 4.69) is 4.99 Å². The van der Waals surface area contributed by atoms with E-state index in [1.165, 1.54) is 24.3 Å². The van der Waals surface area contributed by atoms with Crippen molar-refractivity contribution in [2.45, 2.75) is 0 Å². The summed E-state index contributed by atoms with van der Waals surface area (Å²) in [7, 11) is 0. The van der Waals surface area contributed by atoms with Crippen molar-refractivity contribution in [3.8, 4) is 11.1 Å². The number of benzene rings is 3. The average molecular weight is 345 g/mol. The van der Waals surface area contributed by atoms with Crippen LogP contribution >= 0.6 is 0 Å². The molecule has 0 fully saturated rings. The Morgan fingerprint density at radius 3 is 1.88 bits per heavy atom. The van der Waals surface area contributed by atoms with Crippen molar-refractivity contribution in [3.63, 3.8) is 0 Å². The fraction of sp³-hybridized carbons (Fsp3) is 0. The smallest absolute Gasteiger partial charge is 0.258 e. The number of aliphatic imine (C=N–C) groups is 1. The summed E-state index contributed by atoms with van der Waals surface area (Å²) < 4.78 is 0. The van der Waals surface area contributed by atoms with Gasteiger partial charge in [-0.2, -0.15) is 0 Å². The molecule has 0 bridgehead atoms. The molecule has 0 radical (unpaired) electrons. The van der Waals surface area contributed by atoms with Crippen LogP contribution in [0.2, 0.25) is 0 Å². The minimum atomic E-state index is -0.472. The molecule has 0 N–H and O–H groups in total. The van der Waals surface area contributed by atoms with Gasteiger partial charge in [-0.1, -0.05) is 24.3 Å². The topological polar surface area (TPSA) is 98.6 Å². The van der Waals surface area contributed by atoms with Gasteiger partial charge in [-0.15, -0.1) is 0 Å². The molecular weight excluding hydrogens is 334 g/mol. The average Bonchev–Trinajstić information content (AvgIpc) is 2.96. The van der Waals surface area contributed by atoms with Gasteiger partial charge >= 0.3 is 0 Å². The van der Waals surface area contributed by atoms with Gasteiger partial charge in [0, 0.05) is 35.4 Å². The Balaban J connectivity index is 1.89. The van der Waals surface area contributed by atoms with Gasteiger partial charge in [0.15, 0.2) is 0 Å². The molecule has 0 amide bonds. The number of nitro groups is 2. The van der Waals surface area contributed by atoms with E-state index in [-0.39, 0.29) is 11.4 Å². The van der Waals surface area contributed by atoms with Gasteiger partial charge in [-0.3, -0.25) is 20.2 Å². The molecule has 3 aromatic rings. The second-order valence-electron chi connectivity index (χ2n) is 5.77. The van der Waals surface area contributed by atoms with Gasteiger partial charge in [0.2, 0.25) is 0 Å². The zero-order valence-corrected chi connectivity index (χ0v) is 13.3. The Kier molecular flexibility index (Phi) is 3.54. The number of hydrogen-bond acceptors (Lipinski definition) is 5. The second kappa shape index (κ2) is 5.89. The Hall–Kier alpha value is -3.87. The lowest BCUT2D eigenvalue weighted by Gasteiger charge is -2.02. The first-order valence-corrected chi connectivity index (χ1v) is 7.76. The van der Waals surface area contributed by atoms with Crippen LogP contribution < -0.4 is 0 Å². The zero-order valence-electron chi connectivity index (χ0n) is 13.3. The van der Waals surface area contributed by atoms with Crippen molar-refractivity contribution in [2.24, 2.45) is 4.99 Å². The van der Waals surface area contributed by atoms with Crippen molar-refractivity contribution >= 4 is 22.8 Å². The van der Waals surface area contributed by atoms with E-state index < -0.39 is 9.85 Å². The maximum atomic E-state index is 11.1. The quantitative estimate of drug-likeness (QED) is 0.398. The molecule has 0 heterocycles. The van der Waals surface area contributed by atoms with E-state index >= 15 is 0 Å². The normalized spacial score (nSPS) is 13.3. The SMILES string of the molecule is O=[N+]([O-])c1ccc(N=C2c3ccccc3-c3ccc([N+](=O)[O-])cc32)cc1. The second-order valence-corrected chi connectivity index (χ2v) is 5.77. The molecule has 0 aliphatic heterocycles. The fourth-order valence-electron chi connectivity index (χ4n) is 3.04. The van der Waals surface area contributed by atoms with Crippen LogP contribution in [0.5, 0.6) is 0 Å². The molecule has 0 aromatic heterocycles. The number of non-ortho nitro benzene ring substituents is 2. The molecule has 0 spiro atoms. The summed E-state index contributed by atoms with van der Waals surface area (Å²) >= 11 is 0. The number of hydrogen-bond donors (Lipinski definition) is 0. The Morgan fingerprint density at radius 2 is 1.23 bits per heavy atom. The van der Waals surface area contributed by atoms with Crippen LogP contribution in [0.3, 0.4) is 0 Å². The summed E-state index contributed by atoms with van der Waals surface area (Å²) in [6, 6.07) is 18.2. The third-order valence-electron chi connectivity index (χ3n) is 4.24. The molecule has 0 atom stereocenters. The first-order chi connectivity index (χ1) is 12.5. The lowest BCUT2D eigenvalue weighted by Crippen LogP contribution is -1.99. The third-order valence-corrected chi connectivity index (χ3v) is 4.24. The molecule has 1 aliphatic carbocycles. The van der Waals surface area contributed by atoms with Crippen molar-refractivity contribution < 1.29 is 9.85 Å². The van der Waals surface area contributed by atoms with Crippen LogP contribution in [0.25, 0.3) is 11.1 Å². The van der Waals surface area contributed by atoms with E-state index in [1.54, 1.807) is 18.2 Å². The predicted octanol–water partition coefficient (Wildman–Crippen LogP) is 4.65. The van der Waals surface area contributed by atoms with E-state index in [4.69, 9.17) is 0 Å². The standard InChI is InChI=1S/C19H11N3O4/c23-21(24)13-7-5-12(6-8-13)20-19-17-4-2-1-3-15(17)16-10-9-14(22(25)26)11-18(16)19/h1-11H. The van der Waals surface area contributed by atoms with E-state index in [0.29, 0.717) is 17.0 Å². The molecular formula is C19H11N3O4. The van der Waals surface area contributed by atoms with Crippen molar-refractivity contribution in [2.75, 3.05) is 0 Å². The number of fused-ring (bicyclic) bond motifs is 3. The van der Waals surface area contributed by atoms with Crippen LogP contribution in [0, 0.1) is 20.2 Å². The minimum absolute atomic E-state index is 0.00652. The van der Waals surface area contributed by atoms with Crippen molar-refractivity contribution in [1.29, 1.82) is 0 Å². The van der Waals surface area contributed by atoms with Gasteiger partial charge in [0.1, 0.15) is 0 Å². The molecule has 0 saturated carbocycles. The summed E-state index contributed by atoms with van der Waals surface area (Å²) in [6.45, 7) is 0. The fourth-order valence-corrected chi connectivity index (χ4v) is 3.04. The number of nitrogens with zero attached hydrogens (tertiary/aromatic N) is 3. The Morgan fingerprint density at radius 1 is 0.654 bits per heavy atom. The number of rotatable bonds is 3. The lowest BCUT2D eigenvalue weighted by molar-refractivity contribution is -0.385. The summed E-state index contributed by atoms with van der Waals surface area (Å²) in [4.78, 5) is 25.6. The van der Waals surface area contributed by atoms with Crippen LogP contribution in [0.15, 0.2) is 71.7 Å². The molecule has 3 aromatic carbocycles. The van der Waals surface area contributed by atoms with E-state index in [0.717, 1.165) is 16.7 Å². The maximum absolute atomic E-state index is 11.1. The first kappa shape index (κ1) is 15.6. The van der Waals surface area contributed by atoms with Gasteiger partial charge in [-0.05, 0) is 29.3 Å². The Labute approximate surface area is 147 Å². The van der Waals surface area contributed by atoms with Crippen molar-refractivity contribution in [3.05, 3.63) is 98.1 Å². The zero-order chi connectivity index (χ0) is 18.3. The van der Waals surface area contributed by atoms with Gasteiger partial charge in [0.25, 0.3) is 11.4 Å². The van der Waals surface area contributed by atoms with Crippen LogP contribution in [-0.2, 0) is 0 Å². The highest BCUT2D eigenvalue weighted by Gasteiger charge is 2.26. The largest absolute Gasteiger partial charge is 0.270 e. The minimum Gasteiger partial charge on any atom is -0.258 e. The number of nitro benzene ring substituents is 2. The highest BCUT2D eigenvalue weighted by atomic mass is 16.6. The predicted molar refractivity (Wildman–Crippen MR) is 96.9 cm³/mol. The summed E-state index contributed by atoms with van der Waals surface area (Å²) in [6.07, 6.45) is 0. The van der Waals surface area contributed by atoms with Crippen LogP contribution in [0.4, 0.5) is 17.1 Å². The Bertz CT molecular complexity index is 1090. The molecule has 126 valence electrons. The van der Waals surface area contributed by atoms with Crippen molar-refractivity contribution in [1.82, 2.24) is 0 Å². The highest BCUT2D eigenvalue weighted by Crippen LogP contribution is 2.39. The first-order valence-electron chi connectivity index (χ1n) is 7.76. The lowest BCUT2D eigenvalue weighted by atomic mass is 10.1. The monoisotopic (exact) mass is 345 g/mol. The van der Waals surface area contributed by atoms with Crippen LogP contribution in [0.1, 0.15) is 11.1 Å². The molecule has 0 saturated heterocycles. The summed E-state index contributed by atoms with van der Waals surface area (Å²) in [5.74, 6) is 0. The van der Waals surface area contributed by atoms with E-state index in [1.807, 2.05) is 24.3 Å². The van der Waals surface area contributed by atoms with Gasteiger partial charge in [-0.25, -0.2) is 4.99 Å². The van der Waals surface area contributed by atoms with E-state index in [9.17, 15) is 20.2 Å². The molecule has 1 aliphatic rings. The molecule has 0 unspecified atom stereocenters. The van der Waals surface area contributed by atoms with Gasteiger partial charge < -0.3 is 0 Å². The molecule has 26 heavy (non-hydrogen) atoms. The maximum Gasteiger partial charge on any atom is 0.270 e. The third kappa shape index (κ3) is 2.51.